The van der Waals surface area contributed by atoms with Crippen molar-refractivity contribution in [3.05, 3.63) is 58.6 Å². The van der Waals surface area contributed by atoms with Crippen molar-refractivity contribution in [3.8, 4) is 5.75 Å². The quantitative estimate of drug-likeness (QED) is 0.703. The molecule has 0 aromatic heterocycles. The summed E-state index contributed by atoms with van der Waals surface area (Å²) in [6, 6.07) is 12.3. The van der Waals surface area contributed by atoms with Gasteiger partial charge in [-0.3, -0.25) is 9.10 Å². The van der Waals surface area contributed by atoms with E-state index in [9.17, 15) is 13.2 Å². The van der Waals surface area contributed by atoms with E-state index in [1.165, 1.54) is 18.7 Å². The van der Waals surface area contributed by atoms with Gasteiger partial charge < -0.3 is 10.1 Å². The molecule has 2 aromatic carbocycles. The van der Waals surface area contributed by atoms with Gasteiger partial charge in [-0.25, -0.2) is 8.42 Å². The van der Waals surface area contributed by atoms with Crippen LogP contribution in [0.5, 0.6) is 5.75 Å². The van der Waals surface area contributed by atoms with Crippen molar-refractivity contribution in [1.82, 2.24) is 5.32 Å². The smallest absolute Gasteiger partial charge is 0.241 e. The average molecular weight is 425 g/mol. The first kappa shape index (κ1) is 22.0. The maximum atomic E-state index is 12.6. The zero-order chi connectivity index (χ0) is 20.9. The van der Waals surface area contributed by atoms with Crippen molar-refractivity contribution in [3.63, 3.8) is 0 Å². The van der Waals surface area contributed by atoms with E-state index in [0.29, 0.717) is 10.8 Å². The number of benzene rings is 2. The van der Waals surface area contributed by atoms with Gasteiger partial charge in [-0.1, -0.05) is 42.8 Å². The first-order valence-electron chi connectivity index (χ1n) is 8.85. The molecule has 2 rings (SSSR count). The van der Waals surface area contributed by atoms with Crippen molar-refractivity contribution in [2.75, 3.05) is 24.2 Å². The molecule has 0 saturated carbocycles. The Morgan fingerprint density at radius 2 is 1.86 bits per heavy atom. The number of carbonyl (C=O) groups excluding carboxylic acids is 1. The third kappa shape index (κ3) is 5.62. The lowest BCUT2D eigenvalue weighted by Gasteiger charge is -2.25. The highest BCUT2D eigenvalue weighted by Gasteiger charge is 2.25. The minimum atomic E-state index is -3.74. The zero-order valence-electron chi connectivity index (χ0n) is 16.4. The molecule has 1 N–H and O–H groups in total. The molecule has 0 spiro atoms. The van der Waals surface area contributed by atoms with Gasteiger partial charge in [0.15, 0.2) is 0 Å². The largest absolute Gasteiger partial charge is 0.495 e. The summed E-state index contributed by atoms with van der Waals surface area (Å²) in [4.78, 5) is 12.6. The number of methoxy groups -OCH3 is 1. The molecule has 0 fully saturated rings. The van der Waals surface area contributed by atoms with Crippen LogP contribution in [-0.4, -0.2) is 34.2 Å². The van der Waals surface area contributed by atoms with E-state index in [-0.39, 0.29) is 18.3 Å². The third-order valence-electron chi connectivity index (χ3n) is 4.36. The molecule has 6 nitrogen and oxygen atoms in total. The van der Waals surface area contributed by atoms with Crippen molar-refractivity contribution in [1.29, 1.82) is 0 Å². The summed E-state index contributed by atoms with van der Waals surface area (Å²) in [7, 11) is -2.31. The second kappa shape index (κ2) is 9.30. The molecule has 1 amide bonds. The normalized spacial score (nSPS) is 12.3. The fraction of sp³-hybridized carbons (Fsp3) is 0.350. The lowest BCUT2D eigenvalue weighted by Crippen LogP contribution is -2.41. The van der Waals surface area contributed by atoms with E-state index >= 15 is 0 Å². The van der Waals surface area contributed by atoms with Gasteiger partial charge in [-0.2, -0.15) is 0 Å². The van der Waals surface area contributed by atoms with Gasteiger partial charge in [0.25, 0.3) is 0 Å². The Morgan fingerprint density at radius 1 is 1.21 bits per heavy atom. The van der Waals surface area contributed by atoms with Crippen LogP contribution in [0.1, 0.15) is 31.0 Å². The SMILES string of the molecule is CCc1ccc([C@H](C)NC(=O)CN(c2cc(Cl)ccc2OC)S(C)(=O)=O)cc1. The van der Waals surface area contributed by atoms with Crippen LogP contribution in [0, 0.1) is 0 Å². The van der Waals surface area contributed by atoms with Gasteiger partial charge >= 0.3 is 0 Å². The maximum Gasteiger partial charge on any atom is 0.241 e. The molecule has 0 aliphatic heterocycles. The number of aryl methyl sites for hydroxylation is 1. The second-order valence-electron chi connectivity index (χ2n) is 6.47. The van der Waals surface area contributed by atoms with Crippen LogP contribution in [0.15, 0.2) is 42.5 Å². The van der Waals surface area contributed by atoms with Crippen molar-refractivity contribution >= 4 is 33.2 Å². The summed E-state index contributed by atoms with van der Waals surface area (Å²) in [5.41, 5.74) is 2.36. The van der Waals surface area contributed by atoms with Gasteiger partial charge in [0.05, 0.1) is 25.1 Å². The van der Waals surface area contributed by atoms with E-state index in [4.69, 9.17) is 16.3 Å². The highest BCUT2D eigenvalue weighted by atomic mass is 35.5. The Balaban J connectivity index is 2.21. The molecular weight excluding hydrogens is 400 g/mol. The molecule has 0 radical (unpaired) electrons. The average Bonchev–Trinajstić information content (AvgIpc) is 2.65. The second-order valence-corrected chi connectivity index (χ2v) is 8.81. The molecule has 1 atom stereocenters. The number of carbonyl (C=O) groups is 1. The van der Waals surface area contributed by atoms with Crippen LogP contribution >= 0.6 is 11.6 Å². The van der Waals surface area contributed by atoms with Crippen LogP contribution in [-0.2, 0) is 21.2 Å². The van der Waals surface area contributed by atoms with E-state index in [1.54, 1.807) is 12.1 Å². The standard InChI is InChI=1S/C20H25ClN2O4S/c1-5-15-6-8-16(9-7-15)14(2)22-20(24)13-23(28(4,25)26)18-12-17(21)10-11-19(18)27-3/h6-12,14H,5,13H2,1-4H3,(H,22,24)/t14-/m0/s1. The van der Waals surface area contributed by atoms with Gasteiger partial charge in [-0.15, -0.1) is 0 Å². The van der Waals surface area contributed by atoms with Crippen LogP contribution in [0.3, 0.4) is 0 Å². The molecule has 0 unspecified atom stereocenters. The lowest BCUT2D eigenvalue weighted by molar-refractivity contribution is -0.120. The maximum absolute atomic E-state index is 12.6. The molecule has 2 aromatic rings. The minimum Gasteiger partial charge on any atom is -0.495 e. The van der Waals surface area contributed by atoms with Crippen molar-refractivity contribution < 1.29 is 17.9 Å². The summed E-state index contributed by atoms with van der Waals surface area (Å²) in [6.07, 6.45) is 1.97. The number of amides is 1. The summed E-state index contributed by atoms with van der Waals surface area (Å²) in [5.74, 6) is -0.120. The molecular formula is C20H25ClN2O4S. The highest BCUT2D eigenvalue weighted by molar-refractivity contribution is 7.92. The number of ether oxygens (including phenoxy) is 1. The number of halogens is 1. The minimum absolute atomic E-state index is 0.215. The first-order chi connectivity index (χ1) is 13.2. The number of sulfonamides is 1. The highest BCUT2D eigenvalue weighted by Crippen LogP contribution is 2.32. The Bertz CT molecular complexity index is 930. The van der Waals surface area contributed by atoms with Crippen molar-refractivity contribution in [2.24, 2.45) is 0 Å². The van der Waals surface area contributed by atoms with E-state index < -0.39 is 15.9 Å². The monoisotopic (exact) mass is 424 g/mol. The Hall–Kier alpha value is -2.25. The first-order valence-corrected chi connectivity index (χ1v) is 11.1. The number of anilines is 1. The number of nitrogens with one attached hydrogen (secondary N) is 1. The number of hydrogen-bond acceptors (Lipinski definition) is 4. The molecule has 0 heterocycles. The summed E-state index contributed by atoms with van der Waals surface area (Å²) >= 11 is 6.02. The summed E-state index contributed by atoms with van der Waals surface area (Å²) in [6.45, 7) is 3.54. The van der Waals surface area contributed by atoms with Crippen LogP contribution in [0.2, 0.25) is 5.02 Å². The van der Waals surface area contributed by atoms with Gasteiger partial charge in [0.2, 0.25) is 15.9 Å². The van der Waals surface area contributed by atoms with Crippen LogP contribution in [0.25, 0.3) is 0 Å². The van der Waals surface area contributed by atoms with Gasteiger partial charge in [0.1, 0.15) is 12.3 Å². The van der Waals surface area contributed by atoms with E-state index in [0.717, 1.165) is 22.5 Å². The Morgan fingerprint density at radius 3 is 2.39 bits per heavy atom. The molecule has 28 heavy (non-hydrogen) atoms. The predicted octanol–water partition coefficient (Wildman–Crippen LogP) is 3.55. The number of hydrogen-bond donors (Lipinski definition) is 1. The number of rotatable bonds is 8. The fourth-order valence-electron chi connectivity index (χ4n) is 2.78. The summed E-state index contributed by atoms with van der Waals surface area (Å²) in [5, 5.41) is 3.18. The molecule has 8 heteroatoms. The summed E-state index contributed by atoms with van der Waals surface area (Å²) < 4.78 is 30.9. The lowest BCUT2D eigenvalue weighted by atomic mass is 10.1. The van der Waals surface area contributed by atoms with Crippen LogP contribution in [0.4, 0.5) is 5.69 Å². The molecule has 0 aliphatic carbocycles. The fourth-order valence-corrected chi connectivity index (χ4v) is 3.80. The molecule has 0 aliphatic rings. The molecule has 0 bridgehead atoms. The van der Waals surface area contributed by atoms with Crippen LogP contribution < -0.4 is 14.4 Å². The van der Waals surface area contributed by atoms with E-state index in [1.807, 2.05) is 31.2 Å². The van der Waals surface area contributed by atoms with E-state index in [2.05, 4.69) is 12.2 Å². The van der Waals surface area contributed by atoms with Gasteiger partial charge in [0, 0.05) is 5.02 Å². The third-order valence-corrected chi connectivity index (χ3v) is 5.72. The van der Waals surface area contributed by atoms with Gasteiger partial charge in [-0.05, 0) is 42.7 Å². The zero-order valence-corrected chi connectivity index (χ0v) is 18.0. The predicted molar refractivity (Wildman–Crippen MR) is 113 cm³/mol. The number of nitrogens with zero attached hydrogens (tertiary/aromatic N) is 1. The Labute approximate surface area is 171 Å². The van der Waals surface area contributed by atoms with Crippen molar-refractivity contribution in [2.45, 2.75) is 26.3 Å². The molecule has 0 saturated heterocycles. The molecule has 152 valence electrons. The topological polar surface area (TPSA) is 75.7 Å². The Kier molecular flexibility index (Phi) is 7.32.